The average Bonchev–Trinajstić information content (AvgIpc) is 3.35. The lowest BCUT2D eigenvalue weighted by atomic mass is 9.98. The lowest BCUT2D eigenvalue weighted by molar-refractivity contribution is 0.0475. The number of rotatable bonds is 3. The van der Waals surface area contributed by atoms with Crippen LogP contribution in [0.2, 0.25) is 0 Å². The molecule has 0 bridgehead atoms. The van der Waals surface area contributed by atoms with Crippen LogP contribution >= 0.6 is 0 Å². The van der Waals surface area contributed by atoms with Crippen molar-refractivity contribution < 1.29 is 19.1 Å². The van der Waals surface area contributed by atoms with E-state index >= 15 is 0 Å². The van der Waals surface area contributed by atoms with E-state index in [1.54, 1.807) is 23.1 Å². The van der Waals surface area contributed by atoms with E-state index in [1.807, 2.05) is 19.1 Å². The van der Waals surface area contributed by atoms with Crippen molar-refractivity contribution in [1.82, 2.24) is 4.90 Å². The van der Waals surface area contributed by atoms with Crippen LogP contribution in [0.15, 0.2) is 36.4 Å². The van der Waals surface area contributed by atoms with Gasteiger partial charge in [-0.05, 0) is 62.4 Å². The standard InChI is InChI=1S/C24H24N2O4/c1-15-6-9-21-16(12-15)4-2-10-25(21)22(27)17-7-8-19-20(13-17)24(29)26(23(19)28)14-18-5-3-11-30-18/h6-9,12-13,18H,2-5,10-11,14H2,1H3. The topological polar surface area (TPSA) is 66.9 Å². The van der Waals surface area contributed by atoms with Gasteiger partial charge in [-0.3, -0.25) is 19.3 Å². The molecule has 1 atom stereocenters. The number of nitrogens with zero attached hydrogens (tertiary/aromatic N) is 2. The number of benzene rings is 2. The number of anilines is 1. The van der Waals surface area contributed by atoms with Crippen LogP contribution in [0, 0.1) is 6.92 Å². The van der Waals surface area contributed by atoms with Crippen molar-refractivity contribution in [2.45, 2.75) is 38.7 Å². The van der Waals surface area contributed by atoms with E-state index in [1.165, 1.54) is 16.0 Å². The summed E-state index contributed by atoms with van der Waals surface area (Å²) in [6, 6.07) is 11.0. The van der Waals surface area contributed by atoms with Crippen LogP contribution in [-0.2, 0) is 11.2 Å². The van der Waals surface area contributed by atoms with Crippen molar-refractivity contribution in [3.8, 4) is 0 Å². The SMILES string of the molecule is Cc1ccc2c(c1)CCCN2C(=O)c1ccc2c(c1)C(=O)N(CC1CCCO1)C2=O. The van der Waals surface area contributed by atoms with Crippen molar-refractivity contribution in [2.24, 2.45) is 0 Å². The van der Waals surface area contributed by atoms with Gasteiger partial charge in [-0.15, -0.1) is 0 Å². The van der Waals surface area contributed by atoms with Crippen molar-refractivity contribution in [3.05, 3.63) is 64.2 Å². The monoisotopic (exact) mass is 404 g/mol. The van der Waals surface area contributed by atoms with Crippen molar-refractivity contribution in [2.75, 3.05) is 24.6 Å². The van der Waals surface area contributed by atoms with Crippen LogP contribution in [0.25, 0.3) is 0 Å². The molecule has 2 aromatic rings. The summed E-state index contributed by atoms with van der Waals surface area (Å²) >= 11 is 0. The molecule has 1 fully saturated rings. The molecule has 3 aliphatic heterocycles. The van der Waals surface area contributed by atoms with Crippen LogP contribution < -0.4 is 4.90 Å². The first kappa shape index (κ1) is 19.0. The summed E-state index contributed by atoms with van der Waals surface area (Å²) in [5.74, 6) is -0.779. The lowest BCUT2D eigenvalue weighted by Gasteiger charge is -2.30. The van der Waals surface area contributed by atoms with Gasteiger partial charge in [0.1, 0.15) is 0 Å². The van der Waals surface area contributed by atoms with Crippen LogP contribution in [0.1, 0.15) is 61.5 Å². The summed E-state index contributed by atoms with van der Waals surface area (Å²) in [6.07, 6.45) is 3.56. The van der Waals surface area contributed by atoms with E-state index < -0.39 is 0 Å². The molecule has 0 saturated carbocycles. The molecule has 0 N–H and O–H groups in total. The first-order valence-corrected chi connectivity index (χ1v) is 10.6. The third kappa shape index (κ3) is 3.12. The van der Waals surface area contributed by atoms with Crippen LogP contribution in [0.4, 0.5) is 5.69 Å². The summed E-state index contributed by atoms with van der Waals surface area (Å²) < 4.78 is 5.59. The van der Waals surface area contributed by atoms with Gasteiger partial charge in [-0.1, -0.05) is 17.7 Å². The third-order valence-corrected chi connectivity index (χ3v) is 6.23. The maximum atomic E-state index is 13.3. The number of ether oxygens (including phenoxy) is 1. The smallest absolute Gasteiger partial charge is 0.261 e. The highest BCUT2D eigenvalue weighted by molar-refractivity contribution is 6.22. The predicted molar refractivity (Wildman–Crippen MR) is 112 cm³/mol. The number of aryl methyl sites for hydroxylation is 2. The first-order chi connectivity index (χ1) is 14.5. The molecule has 0 radical (unpaired) electrons. The highest BCUT2D eigenvalue weighted by Crippen LogP contribution is 2.31. The Morgan fingerprint density at radius 1 is 1.07 bits per heavy atom. The van der Waals surface area contributed by atoms with Gasteiger partial charge in [-0.2, -0.15) is 0 Å². The number of hydrogen-bond donors (Lipinski definition) is 0. The highest BCUT2D eigenvalue weighted by atomic mass is 16.5. The zero-order valence-electron chi connectivity index (χ0n) is 17.0. The van der Waals surface area contributed by atoms with E-state index in [-0.39, 0.29) is 30.4 Å². The fourth-order valence-corrected chi connectivity index (χ4v) is 4.67. The number of imide groups is 1. The largest absolute Gasteiger partial charge is 0.376 e. The van der Waals surface area contributed by atoms with Crippen molar-refractivity contribution in [1.29, 1.82) is 0 Å². The van der Waals surface area contributed by atoms with Gasteiger partial charge in [0.15, 0.2) is 0 Å². The summed E-state index contributed by atoms with van der Waals surface area (Å²) in [5.41, 5.74) is 4.39. The van der Waals surface area contributed by atoms with Gasteiger partial charge >= 0.3 is 0 Å². The van der Waals surface area contributed by atoms with Gasteiger partial charge < -0.3 is 9.64 Å². The Kier molecular flexibility index (Phi) is 4.66. The van der Waals surface area contributed by atoms with Gasteiger partial charge in [0.05, 0.1) is 23.8 Å². The van der Waals surface area contributed by atoms with Crippen LogP contribution in [0.5, 0.6) is 0 Å². The fraction of sp³-hybridized carbons (Fsp3) is 0.375. The Hall–Kier alpha value is -2.99. The molecule has 1 saturated heterocycles. The average molecular weight is 404 g/mol. The molecule has 2 aromatic carbocycles. The quantitative estimate of drug-likeness (QED) is 0.736. The molecule has 30 heavy (non-hydrogen) atoms. The van der Waals surface area contributed by atoms with Crippen LogP contribution in [-0.4, -0.2) is 48.4 Å². The minimum Gasteiger partial charge on any atom is -0.376 e. The van der Waals surface area contributed by atoms with Crippen molar-refractivity contribution >= 4 is 23.4 Å². The molecule has 0 spiro atoms. The molecule has 154 valence electrons. The van der Waals surface area contributed by atoms with Gasteiger partial charge in [0.2, 0.25) is 0 Å². The van der Waals surface area contributed by atoms with Crippen LogP contribution in [0.3, 0.4) is 0 Å². The number of amides is 3. The number of hydrogen-bond acceptors (Lipinski definition) is 4. The minimum absolute atomic E-state index is 0.0957. The Balaban J connectivity index is 1.42. The Labute approximate surface area is 175 Å². The second-order valence-corrected chi connectivity index (χ2v) is 8.31. The Bertz CT molecular complexity index is 1060. The van der Waals surface area contributed by atoms with Gasteiger partial charge in [0, 0.05) is 24.4 Å². The molecular weight excluding hydrogens is 380 g/mol. The molecule has 3 amide bonds. The second-order valence-electron chi connectivity index (χ2n) is 8.31. The first-order valence-electron chi connectivity index (χ1n) is 10.6. The second kappa shape index (κ2) is 7.36. The maximum Gasteiger partial charge on any atom is 0.261 e. The lowest BCUT2D eigenvalue weighted by Crippen LogP contribution is -2.36. The van der Waals surface area contributed by atoms with Gasteiger partial charge in [0.25, 0.3) is 17.7 Å². The fourth-order valence-electron chi connectivity index (χ4n) is 4.67. The molecule has 5 rings (SSSR count). The summed E-state index contributed by atoms with van der Waals surface area (Å²) in [4.78, 5) is 42.0. The number of carbonyl (C=O) groups excluding carboxylic acids is 3. The molecule has 0 aliphatic carbocycles. The van der Waals surface area contributed by atoms with Gasteiger partial charge in [-0.25, -0.2) is 0 Å². The summed E-state index contributed by atoms with van der Waals surface area (Å²) in [5, 5.41) is 0. The Morgan fingerprint density at radius 3 is 2.70 bits per heavy atom. The van der Waals surface area contributed by atoms with E-state index in [9.17, 15) is 14.4 Å². The maximum absolute atomic E-state index is 13.3. The number of fused-ring (bicyclic) bond motifs is 2. The molecular formula is C24H24N2O4. The van der Waals surface area contributed by atoms with Crippen molar-refractivity contribution in [3.63, 3.8) is 0 Å². The molecule has 0 aromatic heterocycles. The normalized spacial score (nSPS) is 20.5. The van der Waals surface area contributed by atoms with E-state index in [2.05, 4.69) is 6.07 Å². The molecule has 1 unspecified atom stereocenters. The summed E-state index contributed by atoms with van der Waals surface area (Å²) in [6.45, 7) is 3.63. The van der Waals surface area contributed by atoms with E-state index in [0.717, 1.165) is 31.4 Å². The minimum atomic E-state index is -0.338. The summed E-state index contributed by atoms with van der Waals surface area (Å²) in [7, 11) is 0. The zero-order chi connectivity index (χ0) is 20.8. The molecule has 6 nitrogen and oxygen atoms in total. The third-order valence-electron chi connectivity index (χ3n) is 6.23. The Morgan fingerprint density at radius 2 is 1.90 bits per heavy atom. The number of carbonyl (C=O) groups is 3. The predicted octanol–water partition coefficient (Wildman–Crippen LogP) is 3.36. The van der Waals surface area contributed by atoms with E-state index in [0.29, 0.717) is 29.8 Å². The molecule has 3 heterocycles. The molecule has 6 heteroatoms. The zero-order valence-corrected chi connectivity index (χ0v) is 17.0. The highest BCUT2D eigenvalue weighted by Gasteiger charge is 2.38. The van der Waals surface area contributed by atoms with E-state index in [4.69, 9.17) is 4.74 Å². The molecule has 3 aliphatic rings.